The maximum Gasteiger partial charge on any atom is 0.228 e. The molecular formula is C15H18N2O3. The number of ether oxygens (including phenoxy) is 1. The summed E-state index contributed by atoms with van der Waals surface area (Å²) in [6.45, 7) is 3.44. The summed E-state index contributed by atoms with van der Waals surface area (Å²) in [5, 5.41) is 4.96. The number of benzene rings is 1. The van der Waals surface area contributed by atoms with Gasteiger partial charge in [-0.05, 0) is 25.5 Å². The van der Waals surface area contributed by atoms with Crippen LogP contribution in [0.2, 0.25) is 0 Å². The first-order valence-corrected chi connectivity index (χ1v) is 6.83. The predicted octanol–water partition coefficient (Wildman–Crippen LogP) is 1.93. The van der Waals surface area contributed by atoms with Crippen molar-refractivity contribution in [2.45, 2.75) is 25.9 Å². The Morgan fingerprint density at radius 3 is 3.15 bits per heavy atom. The van der Waals surface area contributed by atoms with Crippen molar-refractivity contribution in [3.8, 4) is 0 Å². The fourth-order valence-electron chi connectivity index (χ4n) is 2.63. The van der Waals surface area contributed by atoms with E-state index in [1.165, 1.54) is 0 Å². The van der Waals surface area contributed by atoms with E-state index in [-0.39, 0.29) is 18.4 Å². The molecule has 1 atom stereocenters. The van der Waals surface area contributed by atoms with Gasteiger partial charge in [-0.3, -0.25) is 4.79 Å². The zero-order valence-corrected chi connectivity index (χ0v) is 11.8. The highest BCUT2D eigenvalue weighted by Crippen LogP contribution is 2.21. The molecule has 1 amide bonds. The van der Waals surface area contributed by atoms with Crippen LogP contribution >= 0.6 is 0 Å². The quantitative estimate of drug-likeness (QED) is 0.858. The van der Waals surface area contributed by atoms with Gasteiger partial charge in [0.1, 0.15) is 5.69 Å². The molecule has 1 aromatic heterocycles. The first kappa shape index (κ1) is 13.1. The average molecular weight is 274 g/mol. The Bertz CT molecular complexity index is 635. The van der Waals surface area contributed by atoms with E-state index in [4.69, 9.17) is 9.26 Å². The molecule has 1 aromatic carbocycles. The van der Waals surface area contributed by atoms with E-state index < -0.39 is 0 Å². The Kier molecular flexibility index (Phi) is 3.44. The third kappa shape index (κ3) is 2.41. The standard InChI is InChI=1S/C15H18N2O3/c1-10-3-4-14-12(7-10)13(16-20-14)8-15(18)17-6-5-11(9-17)19-2/h3-4,7,11H,5-6,8-9H2,1-2H3. The fraction of sp³-hybridized carbons (Fsp3) is 0.467. The van der Waals surface area contributed by atoms with Gasteiger partial charge in [0, 0.05) is 25.6 Å². The third-order valence-corrected chi connectivity index (χ3v) is 3.85. The molecule has 5 nitrogen and oxygen atoms in total. The summed E-state index contributed by atoms with van der Waals surface area (Å²) in [5.74, 6) is 0.0845. The number of amides is 1. The molecule has 0 spiro atoms. The van der Waals surface area contributed by atoms with Gasteiger partial charge in [-0.25, -0.2) is 0 Å². The Hall–Kier alpha value is -1.88. The van der Waals surface area contributed by atoms with E-state index in [0.717, 1.165) is 35.2 Å². The highest BCUT2D eigenvalue weighted by atomic mass is 16.5. The number of nitrogens with zero attached hydrogens (tertiary/aromatic N) is 2. The molecule has 2 aromatic rings. The molecule has 0 radical (unpaired) electrons. The molecule has 0 N–H and O–H groups in total. The molecule has 1 aliphatic rings. The molecule has 0 saturated carbocycles. The van der Waals surface area contributed by atoms with E-state index in [1.807, 2.05) is 30.0 Å². The zero-order chi connectivity index (χ0) is 14.1. The highest BCUT2D eigenvalue weighted by Gasteiger charge is 2.26. The molecule has 3 rings (SSSR count). The first-order chi connectivity index (χ1) is 9.67. The van der Waals surface area contributed by atoms with Crippen LogP contribution in [0.15, 0.2) is 22.7 Å². The number of aromatic nitrogens is 1. The fourth-order valence-corrected chi connectivity index (χ4v) is 2.63. The number of likely N-dealkylation sites (tertiary alicyclic amines) is 1. The van der Waals surface area contributed by atoms with Crippen molar-refractivity contribution in [1.82, 2.24) is 10.1 Å². The van der Waals surface area contributed by atoms with E-state index in [1.54, 1.807) is 7.11 Å². The van der Waals surface area contributed by atoms with E-state index in [9.17, 15) is 4.79 Å². The zero-order valence-electron chi connectivity index (χ0n) is 11.8. The lowest BCUT2D eigenvalue weighted by molar-refractivity contribution is -0.129. The second kappa shape index (κ2) is 5.25. The summed E-state index contributed by atoms with van der Waals surface area (Å²) in [4.78, 5) is 14.1. The van der Waals surface area contributed by atoms with Crippen LogP contribution in [0.25, 0.3) is 11.0 Å². The Labute approximate surface area is 117 Å². The number of hydrogen-bond acceptors (Lipinski definition) is 4. The van der Waals surface area contributed by atoms with Crippen molar-refractivity contribution in [3.05, 3.63) is 29.5 Å². The van der Waals surface area contributed by atoms with Crippen molar-refractivity contribution >= 4 is 16.9 Å². The van der Waals surface area contributed by atoms with Crippen molar-refractivity contribution < 1.29 is 14.1 Å². The number of rotatable bonds is 3. The summed E-state index contributed by atoms with van der Waals surface area (Å²) < 4.78 is 10.5. The molecule has 2 heterocycles. The SMILES string of the molecule is COC1CCN(C(=O)Cc2noc3ccc(C)cc23)C1. The van der Waals surface area contributed by atoms with Gasteiger partial charge < -0.3 is 14.2 Å². The molecule has 5 heteroatoms. The largest absolute Gasteiger partial charge is 0.380 e. The van der Waals surface area contributed by atoms with Crippen LogP contribution in [0.4, 0.5) is 0 Å². The molecule has 0 aliphatic carbocycles. The smallest absolute Gasteiger partial charge is 0.228 e. The van der Waals surface area contributed by atoms with Crippen molar-refractivity contribution in [2.24, 2.45) is 0 Å². The summed E-state index contributed by atoms with van der Waals surface area (Å²) in [7, 11) is 1.69. The van der Waals surface area contributed by atoms with E-state index >= 15 is 0 Å². The minimum atomic E-state index is 0.0845. The van der Waals surface area contributed by atoms with Gasteiger partial charge in [-0.2, -0.15) is 0 Å². The number of carbonyl (C=O) groups is 1. The number of hydrogen-bond donors (Lipinski definition) is 0. The van der Waals surface area contributed by atoms with Crippen LogP contribution in [-0.2, 0) is 16.0 Å². The van der Waals surface area contributed by atoms with Gasteiger partial charge in [-0.15, -0.1) is 0 Å². The van der Waals surface area contributed by atoms with E-state index in [2.05, 4.69) is 5.16 Å². The van der Waals surface area contributed by atoms with Gasteiger partial charge in [0.25, 0.3) is 0 Å². The second-order valence-corrected chi connectivity index (χ2v) is 5.29. The number of carbonyl (C=O) groups excluding carboxylic acids is 1. The molecule has 106 valence electrons. The topological polar surface area (TPSA) is 55.6 Å². The van der Waals surface area contributed by atoms with Crippen molar-refractivity contribution in [2.75, 3.05) is 20.2 Å². The normalized spacial score (nSPS) is 18.9. The van der Waals surface area contributed by atoms with Crippen LogP contribution in [0.3, 0.4) is 0 Å². The van der Waals surface area contributed by atoms with Crippen LogP contribution in [0.1, 0.15) is 17.7 Å². The maximum atomic E-state index is 12.3. The molecule has 1 unspecified atom stereocenters. The molecule has 1 aliphatic heterocycles. The van der Waals surface area contributed by atoms with Crippen LogP contribution in [0.5, 0.6) is 0 Å². The Balaban J connectivity index is 1.76. The number of methoxy groups -OCH3 is 1. The lowest BCUT2D eigenvalue weighted by atomic mass is 10.1. The second-order valence-electron chi connectivity index (χ2n) is 5.29. The van der Waals surface area contributed by atoms with Gasteiger partial charge in [0.2, 0.25) is 5.91 Å². The lowest BCUT2D eigenvalue weighted by Gasteiger charge is -2.15. The number of fused-ring (bicyclic) bond motifs is 1. The minimum Gasteiger partial charge on any atom is -0.380 e. The summed E-state index contributed by atoms with van der Waals surface area (Å²) in [6.07, 6.45) is 1.35. The molecule has 1 fully saturated rings. The van der Waals surface area contributed by atoms with Gasteiger partial charge in [-0.1, -0.05) is 16.8 Å². The lowest BCUT2D eigenvalue weighted by Crippen LogP contribution is -2.31. The van der Waals surface area contributed by atoms with Crippen molar-refractivity contribution in [1.29, 1.82) is 0 Å². The molecule has 1 saturated heterocycles. The minimum absolute atomic E-state index is 0.0845. The first-order valence-electron chi connectivity index (χ1n) is 6.83. The van der Waals surface area contributed by atoms with Crippen molar-refractivity contribution in [3.63, 3.8) is 0 Å². The van der Waals surface area contributed by atoms with Crippen LogP contribution in [-0.4, -0.2) is 42.3 Å². The highest BCUT2D eigenvalue weighted by molar-refractivity contribution is 5.86. The number of aryl methyl sites for hydroxylation is 1. The van der Waals surface area contributed by atoms with Gasteiger partial charge in [0.05, 0.1) is 12.5 Å². The molecule has 20 heavy (non-hydrogen) atoms. The molecular weight excluding hydrogens is 256 g/mol. The summed E-state index contributed by atoms with van der Waals surface area (Å²) in [5.41, 5.74) is 2.58. The summed E-state index contributed by atoms with van der Waals surface area (Å²) in [6, 6.07) is 5.88. The maximum absolute atomic E-state index is 12.3. The predicted molar refractivity (Wildman–Crippen MR) is 74.4 cm³/mol. The summed E-state index contributed by atoms with van der Waals surface area (Å²) >= 11 is 0. The van der Waals surface area contributed by atoms with Gasteiger partial charge >= 0.3 is 0 Å². The van der Waals surface area contributed by atoms with Crippen LogP contribution in [0, 0.1) is 6.92 Å². The Morgan fingerprint density at radius 2 is 2.40 bits per heavy atom. The Morgan fingerprint density at radius 1 is 1.55 bits per heavy atom. The van der Waals surface area contributed by atoms with E-state index in [0.29, 0.717) is 6.54 Å². The van der Waals surface area contributed by atoms with Crippen LogP contribution < -0.4 is 0 Å². The average Bonchev–Trinajstić information content (AvgIpc) is 3.06. The van der Waals surface area contributed by atoms with Gasteiger partial charge in [0.15, 0.2) is 5.58 Å². The third-order valence-electron chi connectivity index (χ3n) is 3.85. The monoisotopic (exact) mass is 274 g/mol. The molecule has 0 bridgehead atoms.